The van der Waals surface area contributed by atoms with Gasteiger partial charge in [-0.1, -0.05) is 51.2 Å². The zero-order valence-corrected chi connectivity index (χ0v) is 23.9. The van der Waals surface area contributed by atoms with Gasteiger partial charge in [0.1, 0.15) is 11.8 Å². The summed E-state index contributed by atoms with van der Waals surface area (Å²) < 4.78 is 7.52. The van der Waals surface area contributed by atoms with Crippen LogP contribution in [0.15, 0.2) is 62.8 Å². The topological polar surface area (TPSA) is 132 Å². The van der Waals surface area contributed by atoms with Gasteiger partial charge in [-0.2, -0.15) is 0 Å². The number of imide groups is 1. The molecule has 6 rings (SSSR count). The number of nitrogens with zero attached hydrogens (tertiary/aromatic N) is 4. The summed E-state index contributed by atoms with van der Waals surface area (Å²) in [6.07, 6.45) is 0. The van der Waals surface area contributed by atoms with E-state index in [0.29, 0.717) is 36.2 Å². The number of nitro benzene ring substituents is 1. The van der Waals surface area contributed by atoms with E-state index in [4.69, 9.17) is 4.74 Å². The van der Waals surface area contributed by atoms with Crippen LogP contribution in [0.2, 0.25) is 0 Å². The number of fused-ring (bicyclic) bond motifs is 2. The van der Waals surface area contributed by atoms with Crippen molar-refractivity contribution in [1.82, 2.24) is 9.47 Å². The van der Waals surface area contributed by atoms with Crippen LogP contribution in [0.3, 0.4) is 0 Å². The quantitative estimate of drug-likeness (QED) is 0.235. The molecular formula is C26H21BrN4O7S2. The van der Waals surface area contributed by atoms with Crippen LogP contribution in [0.5, 0.6) is 0 Å². The monoisotopic (exact) mass is 644 g/mol. The number of benzene rings is 2. The van der Waals surface area contributed by atoms with E-state index in [1.54, 1.807) is 4.90 Å². The lowest BCUT2D eigenvalue weighted by Crippen LogP contribution is -2.43. The van der Waals surface area contributed by atoms with E-state index in [9.17, 15) is 29.3 Å². The molecule has 1 aromatic heterocycles. The molecule has 3 aliphatic rings. The number of halogens is 1. The van der Waals surface area contributed by atoms with Gasteiger partial charge in [-0.15, -0.1) is 0 Å². The van der Waals surface area contributed by atoms with Gasteiger partial charge in [0, 0.05) is 40.5 Å². The summed E-state index contributed by atoms with van der Waals surface area (Å²) in [5.74, 6) is -2.53. The molecule has 3 amide bonds. The van der Waals surface area contributed by atoms with Crippen molar-refractivity contribution in [3.63, 3.8) is 0 Å². The Balaban J connectivity index is 1.42. The van der Waals surface area contributed by atoms with Gasteiger partial charge in [0.15, 0.2) is 0 Å². The van der Waals surface area contributed by atoms with Gasteiger partial charge in [-0.25, -0.2) is 4.90 Å². The summed E-state index contributed by atoms with van der Waals surface area (Å²) in [5, 5.41) is 10.8. The largest absolute Gasteiger partial charge is 0.378 e. The van der Waals surface area contributed by atoms with Gasteiger partial charge in [0.05, 0.1) is 34.8 Å². The molecule has 3 aromatic rings. The highest BCUT2D eigenvalue weighted by molar-refractivity contribution is 9.10. The smallest absolute Gasteiger partial charge is 0.308 e. The number of rotatable bonds is 5. The molecule has 0 N–H and O–H groups in total. The third kappa shape index (κ3) is 4.58. The summed E-state index contributed by atoms with van der Waals surface area (Å²) in [4.78, 5) is 67.6. The van der Waals surface area contributed by atoms with Crippen molar-refractivity contribution in [2.75, 3.05) is 31.2 Å². The number of carbonyl (C=O) groups excluding carboxylic acids is 3. The summed E-state index contributed by atoms with van der Waals surface area (Å²) in [6, 6.07) is 12.7. The molecule has 0 saturated carbocycles. The van der Waals surface area contributed by atoms with Crippen molar-refractivity contribution in [1.29, 1.82) is 0 Å². The molecule has 3 aliphatic heterocycles. The van der Waals surface area contributed by atoms with Crippen LogP contribution in [0.4, 0.5) is 11.4 Å². The van der Waals surface area contributed by atoms with Crippen LogP contribution in [0.25, 0.3) is 0 Å². The Bertz CT molecular complexity index is 1600. The Kier molecular flexibility index (Phi) is 7.10. The summed E-state index contributed by atoms with van der Waals surface area (Å²) in [7, 11) is 0. The highest BCUT2D eigenvalue weighted by atomic mass is 79.9. The molecule has 206 valence electrons. The van der Waals surface area contributed by atoms with Crippen LogP contribution in [0.1, 0.15) is 16.4 Å². The number of thiazole rings is 1. The van der Waals surface area contributed by atoms with E-state index in [1.807, 2.05) is 24.3 Å². The molecule has 0 spiro atoms. The van der Waals surface area contributed by atoms with Gasteiger partial charge in [0.25, 0.3) is 5.69 Å². The Labute approximate surface area is 244 Å². The lowest BCUT2D eigenvalue weighted by atomic mass is 9.83. The van der Waals surface area contributed by atoms with Gasteiger partial charge in [-0.05, 0) is 29.8 Å². The molecule has 2 saturated heterocycles. The minimum Gasteiger partial charge on any atom is -0.378 e. The number of hydrogen-bond donors (Lipinski definition) is 0. The van der Waals surface area contributed by atoms with Crippen molar-refractivity contribution < 1.29 is 24.0 Å². The minimum absolute atomic E-state index is 0.155. The Hall–Kier alpha value is -3.33. The molecule has 4 heterocycles. The van der Waals surface area contributed by atoms with Crippen molar-refractivity contribution in [2.45, 2.75) is 22.7 Å². The molecular weight excluding hydrogens is 624 g/mol. The number of hydrogen-bond acceptors (Lipinski definition) is 9. The summed E-state index contributed by atoms with van der Waals surface area (Å²) >= 11 is 5.60. The second-order valence-corrected chi connectivity index (χ2v) is 12.5. The van der Waals surface area contributed by atoms with Crippen LogP contribution in [-0.2, 0) is 25.7 Å². The van der Waals surface area contributed by atoms with Gasteiger partial charge < -0.3 is 9.64 Å². The summed E-state index contributed by atoms with van der Waals surface area (Å²) in [6.45, 7) is 1.57. The molecule has 3 atom stereocenters. The number of aromatic nitrogens is 1. The SMILES string of the molecule is O=C(Cn1c2c(sc1=O)C(c1cccc(Br)c1)C1C(=O)N(c3ccc([N+](=O)[O-])cc3)C(=O)C1S2)N1CCOCC1. The number of thioether (sulfide) groups is 1. The van der Waals surface area contributed by atoms with Crippen molar-refractivity contribution in [3.8, 4) is 0 Å². The normalized spacial score (nSPS) is 22.3. The van der Waals surface area contributed by atoms with Crippen molar-refractivity contribution in [2.24, 2.45) is 5.92 Å². The number of nitro groups is 1. The molecule has 0 radical (unpaired) electrons. The molecule has 14 heteroatoms. The Morgan fingerprint density at radius 3 is 2.48 bits per heavy atom. The first-order valence-electron chi connectivity index (χ1n) is 12.4. The molecule has 11 nitrogen and oxygen atoms in total. The number of non-ortho nitro benzene ring substituents is 1. The van der Waals surface area contributed by atoms with Crippen LogP contribution >= 0.6 is 39.0 Å². The Morgan fingerprint density at radius 1 is 1.07 bits per heavy atom. The molecule has 40 heavy (non-hydrogen) atoms. The van der Waals surface area contributed by atoms with E-state index in [0.717, 1.165) is 38.0 Å². The van der Waals surface area contributed by atoms with E-state index in [1.165, 1.54) is 28.8 Å². The Morgan fingerprint density at radius 2 is 1.80 bits per heavy atom. The second-order valence-electron chi connectivity index (χ2n) is 9.50. The third-order valence-electron chi connectivity index (χ3n) is 7.23. The molecule has 3 unspecified atom stereocenters. The first-order chi connectivity index (χ1) is 19.2. The lowest BCUT2D eigenvalue weighted by molar-refractivity contribution is -0.384. The van der Waals surface area contributed by atoms with Crippen LogP contribution in [0, 0.1) is 16.0 Å². The first-order valence-corrected chi connectivity index (χ1v) is 14.9. The highest BCUT2D eigenvalue weighted by Gasteiger charge is 2.57. The zero-order valence-electron chi connectivity index (χ0n) is 20.7. The molecule has 2 fully saturated rings. The number of ether oxygens (including phenoxy) is 1. The maximum absolute atomic E-state index is 13.9. The maximum Gasteiger partial charge on any atom is 0.308 e. The van der Waals surface area contributed by atoms with Gasteiger partial charge >= 0.3 is 4.87 Å². The van der Waals surface area contributed by atoms with E-state index < -0.39 is 33.8 Å². The predicted octanol–water partition coefficient (Wildman–Crippen LogP) is 3.24. The number of carbonyl (C=O) groups is 3. The summed E-state index contributed by atoms with van der Waals surface area (Å²) in [5.41, 5.74) is 0.843. The minimum atomic E-state index is -0.849. The van der Waals surface area contributed by atoms with Gasteiger partial charge in [-0.3, -0.25) is 33.9 Å². The number of amides is 3. The standard InChI is InChI=1S/C26H21BrN4O7S2/c27-15-3-1-2-14(12-15)19-20-21(24(34)30(23(20)33)16-4-6-17(7-5-16)31(36)37)39-25-22(19)40-26(35)29(25)13-18(32)28-8-10-38-11-9-28/h1-7,12,19-21H,8-11,13H2. The van der Waals surface area contributed by atoms with E-state index in [-0.39, 0.29) is 28.7 Å². The van der Waals surface area contributed by atoms with E-state index in [2.05, 4.69) is 15.9 Å². The first kappa shape index (κ1) is 26.9. The van der Waals surface area contributed by atoms with Gasteiger partial charge in [0.2, 0.25) is 17.7 Å². The van der Waals surface area contributed by atoms with Crippen LogP contribution in [-0.4, -0.2) is 63.7 Å². The average Bonchev–Trinajstić information content (AvgIpc) is 3.39. The highest BCUT2D eigenvalue weighted by Crippen LogP contribution is 2.54. The molecule has 2 aromatic carbocycles. The fourth-order valence-electron chi connectivity index (χ4n) is 5.34. The molecule has 0 aliphatic carbocycles. The molecule has 0 bridgehead atoms. The number of morpholine rings is 1. The lowest BCUT2D eigenvalue weighted by Gasteiger charge is -2.31. The predicted molar refractivity (Wildman–Crippen MR) is 151 cm³/mol. The van der Waals surface area contributed by atoms with Crippen molar-refractivity contribution >= 4 is 68.1 Å². The maximum atomic E-state index is 13.9. The van der Waals surface area contributed by atoms with Crippen molar-refractivity contribution in [3.05, 3.63) is 83.2 Å². The third-order valence-corrected chi connectivity index (χ3v) is 10.3. The number of anilines is 1. The fraction of sp³-hybridized carbons (Fsp3) is 0.308. The fourth-order valence-corrected chi connectivity index (χ4v) is 8.53. The average molecular weight is 646 g/mol. The van der Waals surface area contributed by atoms with Crippen LogP contribution < -0.4 is 9.77 Å². The van der Waals surface area contributed by atoms with E-state index >= 15 is 0 Å². The second kappa shape index (κ2) is 10.6. The zero-order chi connectivity index (χ0) is 28.1.